The van der Waals surface area contributed by atoms with Crippen molar-refractivity contribution < 1.29 is 0 Å². The van der Waals surface area contributed by atoms with Gasteiger partial charge in [-0.2, -0.15) is 5.10 Å². The Morgan fingerprint density at radius 3 is 2.58 bits per heavy atom. The lowest BCUT2D eigenvalue weighted by molar-refractivity contribution is 0.294. The number of hydrogen-bond acceptors (Lipinski definition) is 3. The normalized spacial score (nSPS) is 11.2. The van der Waals surface area contributed by atoms with Crippen LogP contribution < -0.4 is 5.73 Å². The summed E-state index contributed by atoms with van der Waals surface area (Å²) in [5.41, 5.74) is 7.68. The van der Waals surface area contributed by atoms with Crippen LogP contribution in [-0.4, -0.2) is 32.8 Å². The van der Waals surface area contributed by atoms with E-state index in [-0.39, 0.29) is 0 Å². The van der Waals surface area contributed by atoms with Gasteiger partial charge in [-0.25, -0.2) is 0 Å². The van der Waals surface area contributed by atoms with Gasteiger partial charge in [0.1, 0.15) is 0 Å². The van der Waals surface area contributed by atoms with E-state index in [4.69, 9.17) is 29.6 Å². The SMILES string of the molecule is CCCN(CC(N)=S)Cc1c(Cl)c(CC)nn1CC. The van der Waals surface area contributed by atoms with Gasteiger partial charge in [-0.1, -0.05) is 37.7 Å². The van der Waals surface area contributed by atoms with Gasteiger partial charge in [-0.3, -0.25) is 9.58 Å². The third-order valence-corrected chi connectivity index (χ3v) is 3.55. The van der Waals surface area contributed by atoms with E-state index < -0.39 is 0 Å². The quantitative estimate of drug-likeness (QED) is 0.750. The molecule has 1 aromatic heterocycles. The Kier molecular flexibility index (Phi) is 6.75. The van der Waals surface area contributed by atoms with Crippen LogP contribution in [0.1, 0.15) is 38.6 Å². The van der Waals surface area contributed by atoms with E-state index in [1.165, 1.54) is 0 Å². The van der Waals surface area contributed by atoms with Crippen LogP contribution in [0, 0.1) is 0 Å². The van der Waals surface area contributed by atoms with Crippen LogP contribution in [0.3, 0.4) is 0 Å². The van der Waals surface area contributed by atoms with Gasteiger partial charge in [0.2, 0.25) is 0 Å². The predicted octanol–water partition coefficient (Wildman–Crippen LogP) is 2.62. The molecule has 19 heavy (non-hydrogen) atoms. The van der Waals surface area contributed by atoms with E-state index in [1.54, 1.807) is 0 Å². The highest BCUT2D eigenvalue weighted by molar-refractivity contribution is 7.80. The van der Waals surface area contributed by atoms with Crippen molar-refractivity contribution in [1.29, 1.82) is 0 Å². The maximum Gasteiger partial charge on any atom is 0.0870 e. The summed E-state index contributed by atoms with van der Waals surface area (Å²) in [5, 5.41) is 5.32. The maximum atomic E-state index is 6.42. The van der Waals surface area contributed by atoms with Crippen LogP contribution in [0.4, 0.5) is 0 Å². The predicted molar refractivity (Wildman–Crippen MR) is 84.6 cm³/mol. The van der Waals surface area contributed by atoms with Crippen LogP contribution in [-0.2, 0) is 19.5 Å². The Balaban J connectivity index is 2.94. The lowest BCUT2D eigenvalue weighted by Gasteiger charge is -2.21. The minimum absolute atomic E-state index is 0.517. The summed E-state index contributed by atoms with van der Waals surface area (Å²) in [6.07, 6.45) is 1.91. The van der Waals surface area contributed by atoms with Gasteiger partial charge in [0.05, 0.1) is 21.4 Å². The summed E-state index contributed by atoms with van der Waals surface area (Å²) >= 11 is 11.4. The third-order valence-electron chi connectivity index (χ3n) is 2.99. The van der Waals surface area contributed by atoms with Crippen molar-refractivity contribution >= 4 is 28.8 Å². The minimum Gasteiger partial charge on any atom is -0.392 e. The molecule has 1 aromatic rings. The van der Waals surface area contributed by atoms with Crippen molar-refractivity contribution in [3.63, 3.8) is 0 Å². The second-order valence-electron chi connectivity index (χ2n) is 4.55. The number of halogens is 1. The van der Waals surface area contributed by atoms with Gasteiger partial charge in [-0.15, -0.1) is 0 Å². The van der Waals surface area contributed by atoms with Crippen LogP contribution >= 0.6 is 23.8 Å². The highest BCUT2D eigenvalue weighted by Crippen LogP contribution is 2.23. The van der Waals surface area contributed by atoms with Crippen LogP contribution in [0.5, 0.6) is 0 Å². The molecule has 0 spiro atoms. The van der Waals surface area contributed by atoms with Gasteiger partial charge in [-0.05, 0) is 26.3 Å². The molecule has 0 aliphatic rings. The van der Waals surface area contributed by atoms with Gasteiger partial charge in [0, 0.05) is 19.6 Å². The zero-order chi connectivity index (χ0) is 14.4. The molecule has 0 atom stereocenters. The monoisotopic (exact) mass is 302 g/mol. The molecule has 0 aliphatic heterocycles. The molecule has 108 valence electrons. The second kappa shape index (κ2) is 7.82. The molecule has 0 fully saturated rings. The van der Waals surface area contributed by atoms with Crippen LogP contribution in [0.15, 0.2) is 0 Å². The Bertz CT molecular complexity index is 431. The second-order valence-corrected chi connectivity index (χ2v) is 5.46. The van der Waals surface area contributed by atoms with Gasteiger partial charge < -0.3 is 5.73 Å². The van der Waals surface area contributed by atoms with Crippen LogP contribution in [0.2, 0.25) is 5.02 Å². The van der Waals surface area contributed by atoms with E-state index in [1.807, 2.05) is 4.68 Å². The average Bonchev–Trinajstić information content (AvgIpc) is 2.66. The Morgan fingerprint density at radius 1 is 1.42 bits per heavy atom. The summed E-state index contributed by atoms with van der Waals surface area (Å²) in [7, 11) is 0. The maximum absolute atomic E-state index is 6.42. The van der Waals surface area contributed by atoms with E-state index in [0.717, 1.165) is 48.9 Å². The molecule has 0 saturated carbocycles. The number of nitrogens with zero attached hydrogens (tertiary/aromatic N) is 3. The van der Waals surface area contributed by atoms with E-state index >= 15 is 0 Å². The molecular formula is C13H23ClN4S. The summed E-state index contributed by atoms with van der Waals surface area (Å²) in [6, 6.07) is 0. The highest BCUT2D eigenvalue weighted by atomic mass is 35.5. The molecule has 1 heterocycles. The van der Waals surface area contributed by atoms with Crippen molar-refractivity contribution in [2.45, 2.75) is 46.7 Å². The first-order chi connectivity index (χ1) is 9.03. The zero-order valence-electron chi connectivity index (χ0n) is 11.9. The largest absolute Gasteiger partial charge is 0.392 e. The molecule has 0 unspecified atom stereocenters. The summed E-state index contributed by atoms with van der Waals surface area (Å²) < 4.78 is 1.98. The third kappa shape index (κ3) is 4.44. The fourth-order valence-electron chi connectivity index (χ4n) is 2.13. The minimum atomic E-state index is 0.517. The van der Waals surface area contributed by atoms with Crippen molar-refractivity contribution in [3.8, 4) is 0 Å². The molecule has 0 amide bonds. The van der Waals surface area contributed by atoms with Crippen molar-refractivity contribution in [3.05, 3.63) is 16.4 Å². The van der Waals surface area contributed by atoms with Gasteiger partial charge in [0.25, 0.3) is 0 Å². The van der Waals surface area contributed by atoms with Crippen molar-refractivity contribution in [2.24, 2.45) is 5.73 Å². The smallest absolute Gasteiger partial charge is 0.0870 e. The summed E-state index contributed by atoms with van der Waals surface area (Å²) in [6.45, 7) is 9.41. The molecule has 0 aromatic carbocycles. The molecule has 4 nitrogen and oxygen atoms in total. The Hall–Kier alpha value is -0.650. The van der Waals surface area contributed by atoms with Gasteiger partial charge in [0.15, 0.2) is 0 Å². The number of hydrogen-bond donors (Lipinski definition) is 1. The van der Waals surface area contributed by atoms with E-state index in [9.17, 15) is 0 Å². The van der Waals surface area contributed by atoms with Crippen molar-refractivity contribution in [1.82, 2.24) is 14.7 Å². The topological polar surface area (TPSA) is 47.1 Å². The molecular weight excluding hydrogens is 280 g/mol. The number of thiocarbonyl (C=S) groups is 1. The lowest BCUT2D eigenvalue weighted by atomic mass is 10.2. The summed E-state index contributed by atoms with van der Waals surface area (Å²) in [5.74, 6) is 0. The molecule has 1 rings (SSSR count). The zero-order valence-corrected chi connectivity index (χ0v) is 13.5. The fourth-order valence-corrected chi connectivity index (χ4v) is 2.64. The number of rotatable bonds is 8. The molecule has 0 radical (unpaired) electrons. The van der Waals surface area contributed by atoms with E-state index in [2.05, 4.69) is 30.8 Å². The lowest BCUT2D eigenvalue weighted by Crippen LogP contribution is -2.33. The molecule has 6 heteroatoms. The van der Waals surface area contributed by atoms with Crippen molar-refractivity contribution in [2.75, 3.05) is 13.1 Å². The first-order valence-electron chi connectivity index (χ1n) is 6.78. The first kappa shape index (κ1) is 16.4. The Labute approximate surface area is 125 Å². The highest BCUT2D eigenvalue weighted by Gasteiger charge is 2.17. The molecule has 0 bridgehead atoms. The summed E-state index contributed by atoms with van der Waals surface area (Å²) in [4.78, 5) is 2.74. The molecule has 0 saturated heterocycles. The number of nitrogens with two attached hydrogens (primary N) is 1. The molecule has 2 N–H and O–H groups in total. The first-order valence-corrected chi connectivity index (χ1v) is 7.56. The van der Waals surface area contributed by atoms with E-state index in [0.29, 0.717) is 11.5 Å². The average molecular weight is 303 g/mol. The number of aromatic nitrogens is 2. The Morgan fingerprint density at radius 2 is 2.11 bits per heavy atom. The number of aryl methyl sites for hydroxylation is 2. The van der Waals surface area contributed by atoms with Gasteiger partial charge >= 0.3 is 0 Å². The standard InChI is InChI=1S/C13H23ClN4S/c1-4-7-17(9-12(15)19)8-11-13(14)10(5-2)16-18(11)6-3/h4-9H2,1-3H3,(H2,15,19). The fraction of sp³-hybridized carbons (Fsp3) is 0.692. The molecule has 0 aliphatic carbocycles. The van der Waals surface area contributed by atoms with Crippen LogP contribution in [0.25, 0.3) is 0 Å².